The number of aryl methyl sites for hydroxylation is 1. The Balaban J connectivity index is 1.54. The van der Waals surface area contributed by atoms with Crippen molar-refractivity contribution in [3.8, 4) is 0 Å². The van der Waals surface area contributed by atoms with Gasteiger partial charge in [0.15, 0.2) is 5.76 Å². The minimum Gasteiger partial charge on any atom is -0.456 e. The number of hydrogen-bond acceptors (Lipinski definition) is 5. The summed E-state index contributed by atoms with van der Waals surface area (Å²) >= 11 is 0. The lowest BCUT2D eigenvalue weighted by molar-refractivity contribution is 0.0684. The lowest BCUT2D eigenvalue weighted by atomic mass is 10.0. The van der Waals surface area contributed by atoms with E-state index < -0.39 is 0 Å². The average molecular weight is 300 g/mol. The van der Waals surface area contributed by atoms with Gasteiger partial charge in [0.1, 0.15) is 11.6 Å². The van der Waals surface area contributed by atoms with Crippen molar-refractivity contribution in [3.05, 3.63) is 42.0 Å². The van der Waals surface area contributed by atoms with Gasteiger partial charge in [0.25, 0.3) is 5.91 Å². The number of aromatic nitrogens is 2. The number of furan rings is 1. The van der Waals surface area contributed by atoms with Crippen molar-refractivity contribution >= 4 is 11.7 Å². The molecule has 0 saturated carbocycles. The monoisotopic (exact) mass is 300 g/mol. The van der Waals surface area contributed by atoms with E-state index in [1.54, 1.807) is 12.3 Å². The molecule has 2 aromatic heterocycles. The number of piperidine rings is 1. The normalized spacial score (nSPS) is 15.8. The van der Waals surface area contributed by atoms with E-state index in [2.05, 4.69) is 15.5 Å². The van der Waals surface area contributed by atoms with Gasteiger partial charge in [-0.15, -0.1) is 5.10 Å². The van der Waals surface area contributed by atoms with Crippen LogP contribution >= 0.6 is 0 Å². The van der Waals surface area contributed by atoms with Crippen molar-refractivity contribution in [2.75, 3.05) is 18.4 Å². The zero-order valence-corrected chi connectivity index (χ0v) is 12.7. The predicted molar refractivity (Wildman–Crippen MR) is 82.7 cm³/mol. The third-order valence-corrected chi connectivity index (χ3v) is 3.93. The predicted octanol–water partition coefficient (Wildman–Crippen LogP) is 2.35. The first kappa shape index (κ1) is 14.6. The van der Waals surface area contributed by atoms with Crippen LogP contribution in [0.4, 0.5) is 5.82 Å². The standard InChI is InChI=1S/C16H20N4O2/c1-2-13-5-6-14(22-13)16(21)20-10-7-12(8-11-20)18-15-4-3-9-17-19-15/h3-6,9,12H,2,7-8,10-11H2,1H3,(H,18,19). The quantitative estimate of drug-likeness (QED) is 0.938. The van der Waals surface area contributed by atoms with Crippen molar-refractivity contribution in [3.63, 3.8) is 0 Å². The molecular weight excluding hydrogens is 280 g/mol. The number of nitrogens with one attached hydrogen (secondary N) is 1. The topological polar surface area (TPSA) is 71.3 Å². The maximum absolute atomic E-state index is 12.4. The summed E-state index contributed by atoms with van der Waals surface area (Å²) in [6.45, 7) is 3.45. The number of amides is 1. The molecule has 3 rings (SSSR count). The van der Waals surface area contributed by atoms with Crippen molar-refractivity contribution in [2.24, 2.45) is 0 Å². The van der Waals surface area contributed by atoms with Gasteiger partial charge in [0, 0.05) is 31.7 Å². The number of anilines is 1. The summed E-state index contributed by atoms with van der Waals surface area (Å²) < 4.78 is 5.55. The lowest BCUT2D eigenvalue weighted by Crippen LogP contribution is -2.42. The van der Waals surface area contributed by atoms with Gasteiger partial charge in [-0.3, -0.25) is 4.79 Å². The highest BCUT2D eigenvalue weighted by Crippen LogP contribution is 2.18. The smallest absolute Gasteiger partial charge is 0.289 e. The van der Waals surface area contributed by atoms with E-state index >= 15 is 0 Å². The van der Waals surface area contributed by atoms with Crippen molar-refractivity contribution < 1.29 is 9.21 Å². The van der Waals surface area contributed by atoms with Gasteiger partial charge in [-0.2, -0.15) is 5.10 Å². The Morgan fingerprint density at radius 1 is 1.36 bits per heavy atom. The van der Waals surface area contributed by atoms with Crippen LogP contribution in [0.15, 0.2) is 34.9 Å². The molecular formula is C16H20N4O2. The molecule has 0 spiro atoms. The van der Waals surface area contributed by atoms with E-state index in [9.17, 15) is 4.79 Å². The fourth-order valence-corrected chi connectivity index (χ4v) is 2.65. The molecule has 1 fully saturated rings. The maximum atomic E-state index is 12.4. The highest BCUT2D eigenvalue weighted by Gasteiger charge is 2.25. The number of carbonyl (C=O) groups excluding carboxylic acids is 1. The molecule has 0 atom stereocenters. The van der Waals surface area contributed by atoms with Crippen LogP contribution in [0.2, 0.25) is 0 Å². The van der Waals surface area contributed by atoms with Gasteiger partial charge in [-0.25, -0.2) is 0 Å². The number of likely N-dealkylation sites (tertiary alicyclic amines) is 1. The zero-order valence-electron chi connectivity index (χ0n) is 12.7. The van der Waals surface area contributed by atoms with Crippen LogP contribution in [-0.4, -0.2) is 40.1 Å². The molecule has 0 radical (unpaired) electrons. The van der Waals surface area contributed by atoms with Crippen molar-refractivity contribution in [2.45, 2.75) is 32.2 Å². The van der Waals surface area contributed by atoms with Gasteiger partial charge in [-0.05, 0) is 37.1 Å². The summed E-state index contributed by atoms with van der Waals surface area (Å²) in [5, 5.41) is 11.2. The zero-order chi connectivity index (χ0) is 15.4. The first-order valence-corrected chi connectivity index (χ1v) is 7.68. The molecule has 6 heteroatoms. The Bertz CT molecular complexity index is 618. The van der Waals surface area contributed by atoms with E-state index in [4.69, 9.17) is 4.42 Å². The molecule has 0 aromatic carbocycles. The molecule has 1 amide bonds. The van der Waals surface area contributed by atoms with Crippen LogP contribution in [0.3, 0.4) is 0 Å². The number of carbonyl (C=O) groups is 1. The second-order valence-electron chi connectivity index (χ2n) is 5.44. The lowest BCUT2D eigenvalue weighted by Gasteiger charge is -2.32. The minimum atomic E-state index is -0.0161. The van der Waals surface area contributed by atoms with Crippen molar-refractivity contribution in [1.29, 1.82) is 0 Å². The second kappa shape index (κ2) is 6.60. The van der Waals surface area contributed by atoms with Crippen LogP contribution in [-0.2, 0) is 6.42 Å². The highest BCUT2D eigenvalue weighted by molar-refractivity contribution is 5.91. The number of hydrogen-bond donors (Lipinski definition) is 1. The molecule has 3 heterocycles. The highest BCUT2D eigenvalue weighted by atomic mass is 16.4. The first-order valence-electron chi connectivity index (χ1n) is 7.68. The molecule has 6 nitrogen and oxygen atoms in total. The van der Waals surface area contributed by atoms with Crippen LogP contribution in [0.25, 0.3) is 0 Å². The van der Waals surface area contributed by atoms with E-state index in [1.165, 1.54) is 0 Å². The molecule has 22 heavy (non-hydrogen) atoms. The van der Waals surface area contributed by atoms with Crippen LogP contribution in [0, 0.1) is 0 Å². The summed E-state index contributed by atoms with van der Waals surface area (Å²) in [4.78, 5) is 14.2. The van der Waals surface area contributed by atoms with Crippen LogP contribution in [0.5, 0.6) is 0 Å². The molecule has 116 valence electrons. The first-order chi connectivity index (χ1) is 10.8. The van der Waals surface area contributed by atoms with Gasteiger partial charge in [0.2, 0.25) is 0 Å². The summed E-state index contributed by atoms with van der Waals surface area (Å²) in [5.74, 6) is 2.06. The summed E-state index contributed by atoms with van der Waals surface area (Å²) in [5.41, 5.74) is 0. The Hall–Kier alpha value is -2.37. The maximum Gasteiger partial charge on any atom is 0.289 e. The molecule has 0 bridgehead atoms. The SMILES string of the molecule is CCc1ccc(C(=O)N2CCC(Nc3cccnn3)CC2)o1. The Kier molecular flexibility index (Phi) is 4.37. The van der Waals surface area contributed by atoms with Gasteiger partial charge in [0.05, 0.1) is 0 Å². The summed E-state index contributed by atoms with van der Waals surface area (Å²) in [7, 11) is 0. The molecule has 1 aliphatic rings. The van der Waals surface area contributed by atoms with Gasteiger partial charge in [-0.1, -0.05) is 6.92 Å². The van der Waals surface area contributed by atoms with E-state index in [0.717, 1.165) is 43.9 Å². The molecule has 0 unspecified atom stereocenters. The Morgan fingerprint density at radius 3 is 2.82 bits per heavy atom. The summed E-state index contributed by atoms with van der Waals surface area (Å²) in [6.07, 6.45) is 4.24. The molecule has 1 saturated heterocycles. The molecule has 1 N–H and O–H groups in total. The number of nitrogens with zero attached hydrogens (tertiary/aromatic N) is 3. The Morgan fingerprint density at radius 2 is 2.18 bits per heavy atom. The third kappa shape index (κ3) is 3.27. The molecule has 2 aromatic rings. The largest absolute Gasteiger partial charge is 0.456 e. The van der Waals surface area contributed by atoms with Gasteiger partial charge >= 0.3 is 0 Å². The molecule has 1 aliphatic heterocycles. The van der Waals surface area contributed by atoms with E-state index in [0.29, 0.717) is 11.8 Å². The second-order valence-corrected chi connectivity index (χ2v) is 5.44. The Labute approximate surface area is 129 Å². The minimum absolute atomic E-state index is 0.0161. The van der Waals surface area contributed by atoms with E-state index in [-0.39, 0.29) is 5.91 Å². The van der Waals surface area contributed by atoms with Crippen molar-refractivity contribution in [1.82, 2.24) is 15.1 Å². The summed E-state index contributed by atoms with van der Waals surface area (Å²) in [6, 6.07) is 7.72. The fraction of sp³-hybridized carbons (Fsp3) is 0.438. The third-order valence-electron chi connectivity index (χ3n) is 3.93. The average Bonchev–Trinajstić information content (AvgIpc) is 3.05. The van der Waals surface area contributed by atoms with Crippen LogP contribution < -0.4 is 5.32 Å². The number of rotatable bonds is 4. The molecule has 0 aliphatic carbocycles. The van der Waals surface area contributed by atoms with E-state index in [1.807, 2.05) is 30.0 Å². The van der Waals surface area contributed by atoms with Gasteiger partial charge < -0.3 is 14.6 Å². The van der Waals surface area contributed by atoms with Crippen LogP contribution in [0.1, 0.15) is 36.1 Å². The fourth-order valence-electron chi connectivity index (χ4n) is 2.65.